The van der Waals surface area contributed by atoms with Crippen molar-refractivity contribution in [3.05, 3.63) is 45.9 Å². The van der Waals surface area contributed by atoms with E-state index in [1.54, 1.807) is 23.7 Å². The normalized spacial score (nSPS) is 14.9. The summed E-state index contributed by atoms with van der Waals surface area (Å²) in [5.41, 5.74) is 8.07. The molecule has 0 spiro atoms. The summed E-state index contributed by atoms with van der Waals surface area (Å²) in [7, 11) is 0. The van der Waals surface area contributed by atoms with Gasteiger partial charge in [-0.25, -0.2) is 9.78 Å². The Bertz CT molecular complexity index is 705. The predicted octanol–water partition coefficient (Wildman–Crippen LogP) is 3.12. The van der Waals surface area contributed by atoms with Crippen LogP contribution in [0.25, 0.3) is 0 Å². The molecule has 2 aromatic rings. The summed E-state index contributed by atoms with van der Waals surface area (Å²) in [6.45, 7) is 0. The zero-order chi connectivity index (χ0) is 15.5. The highest BCUT2D eigenvalue weighted by atomic mass is 32.1. The maximum Gasteiger partial charge on any atom is 0.355 e. The first-order chi connectivity index (χ1) is 10.6. The van der Waals surface area contributed by atoms with Crippen LogP contribution >= 0.6 is 11.3 Å². The number of benzene rings is 1. The minimum Gasteiger partial charge on any atom is -0.422 e. The number of amides is 1. The van der Waals surface area contributed by atoms with Crippen LogP contribution in [-0.2, 0) is 0 Å². The molecule has 1 aromatic carbocycles. The topological polar surface area (TPSA) is 82.3 Å². The van der Waals surface area contributed by atoms with Crippen LogP contribution in [0.15, 0.2) is 29.8 Å². The third-order valence-electron chi connectivity index (χ3n) is 3.85. The molecule has 0 atom stereocenters. The van der Waals surface area contributed by atoms with Crippen LogP contribution in [0.4, 0.5) is 0 Å². The second kappa shape index (κ2) is 6.27. The van der Waals surface area contributed by atoms with Crippen LogP contribution in [0.2, 0.25) is 0 Å². The van der Waals surface area contributed by atoms with Crippen molar-refractivity contribution >= 4 is 23.2 Å². The van der Waals surface area contributed by atoms with Gasteiger partial charge in [0, 0.05) is 11.5 Å². The van der Waals surface area contributed by atoms with Gasteiger partial charge in [0.1, 0.15) is 10.6 Å². The Kier molecular flexibility index (Phi) is 4.20. The van der Waals surface area contributed by atoms with E-state index in [-0.39, 0.29) is 0 Å². The summed E-state index contributed by atoms with van der Waals surface area (Å²) in [5.74, 6) is -0.314. The summed E-state index contributed by atoms with van der Waals surface area (Å²) >= 11 is 1.30. The number of esters is 1. The lowest BCUT2D eigenvalue weighted by molar-refractivity contribution is 0.0736. The second-order valence-electron chi connectivity index (χ2n) is 5.33. The van der Waals surface area contributed by atoms with E-state index in [0.29, 0.717) is 22.1 Å². The van der Waals surface area contributed by atoms with Gasteiger partial charge in [0.05, 0.1) is 11.2 Å². The van der Waals surface area contributed by atoms with Crippen LogP contribution in [0, 0.1) is 0 Å². The smallest absolute Gasteiger partial charge is 0.355 e. The van der Waals surface area contributed by atoms with Crippen molar-refractivity contribution in [2.24, 2.45) is 5.73 Å². The summed E-state index contributed by atoms with van der Waals surface area (Å²) in [5, 5.41) is 0. The van der Waals surface area contributed by atoms with Crippen molar-refractivity contribution in [3.63, 3.8) is 0 Å². The minimum absolute atomic E-state index is 0.311. The van der Waals surface area contributed by atoms with Crippen molar-refractivity contribution in [3.8, 4) is 5.75 Å². The maximum absolute atomic E-state index is 12.4. The highest BCUT2D eigenvalue weighted by Crippen LogP contribution is 2.36. The first kappa shape index (κ1) is 14.7. The molecule has 6 heteroatoms. The van der Waals surface area contributed by atoms with Gasteiger partial charge < -0.3 is 10.5 Å². The number of hydrogen-bond acceptors (Lipinski definition) is 5. The number of carbonyl (C=O) groups is 2. The fourth-order valence-corrected chi connectivity index (χ4v) is 3.51. The minimum atomic E-state index is -0.553. The number of rotatable bonds is 4. The van der Waals surface area contributed by atoms with E-state index in [9.17, 15) is 9.59 Å². The first-order valence-electron chi connectivity index (χ1n) is 7.20. The molecule has 2 N–H and O–H groups in total. The summed E-state index contributed by atoms with van der Waals surface area (Å²) in [6.07, 6.45) is 4.50. The Hall–Kier alpha value is -2.21. The second-order valence-corrected chi connectivity index (χ2v) is 6.18. The molecule has 0 bridgehead atoms. The lowest BCUT2D eigenvalue weighted by Crippen LogP contribution is -2.13. The average Bonchev–Trinajstić information content (AvgIpc) is 3.18. The van der Waals surface area contributed by atoms with Crippen LogP contribution < -0.4 is 10.5 Å². The van der Waals surface area contributed by atoms with Gasteiger partial charge in [0.25, 0.3) is 0 Å². The molecule has 3 rings (SSSR count). The molecule has 22 heavy (non-hydrogen) atoms. The number of carbonyl (C=O) groups excluding carboxylic acids is 2. The van der Waals surface area contributed by atoms with Crippen LogP contribution in [0.5, 0.6) is 5.75 Å². The molecule has 1 saturated carbocycles. The number of primary amides is 1. The fourth-order valence-electron chi connectivity index (χ4n) is 2.76. The van der Waals surface area contributed by atoms with E-state index in [0.717, 1.165) is 18.5 Å². The van der Waals surface area contributed by atoms with Crippen LogP contribution in [0.3, 0.4) is 0 Å². The summed E-state index contributed by atoms with van der Waals surface area (Å²) in [4.78, 5) is 28.4. The highest BCUT2D eigenvalue weighted by molar-refractivity contribution is 7.11. The number of hydrogen-bond donors (Lipinski definition) is 1. The molecular formula is C16H16N2O3S. The quantitative estimate of drug-likeness (QED) is 0.694. The Morgan fingerprint density at radius 2 is 2.05 bits per heavy atom. The SMILES string of the molecule is NC(=O)c1cccc(OC(=O)c2scnc2C2CCCC2)c1. The highest BCUT2D eigenvalue weighted by Gasteiger charge is 2.26. The molecule has 1 fully saturated rings. The molecule has 5 nitrogen and oxygen atoms in total. The molecule has 0 saturated heterocycles. The number of ether oxygens (including phenoxy) is 1. The van der Waals surface area contributed by atoms with Crippen molar-refractivity contribution in [2.75, 3.05) is 0 Å². The van der Waals surface area contributed by atoms with Crippen LogP contribution in [-0.4, -0.2) is 16.9 Å². The molecule has 0 aliphatic heterocycles. The molecule has 0 radical (unpaired) electrons. The number of thiazole rings is 1. The lowest BCUT2D eigenvalue weighted by Gasteiger charge is -2.09. The molecule has 114 valence electrons. The fraction of sp³-hybridized carbons (Fsp3) is 0.312. The van der Waals surface area contributed by atoms with Crippen molar-refractivity contribution < 1.29 is 14.3 Å². The van der Waals surface area contributed by atoms with Crippen molar-refractivity contribution in [1.29, 1.82) is 0 Å². The van der Waals surface area contributed by atoms with E-state index in [4.69, 9.17) is 10.5 Å². The Balaban J connectivity index is 1.79. The summed E-state index contributed by atoms with van der Waals surface area (Å²) in [6, 6.07) is 6.31. The molecular weight excluding hydrogens is 300 g/mol. The van der Waals surface area contributed by atoms with Gasteiger partial charge >= 0.3 is 5.97 Å². The van der Waals surface area contributed by atoms with E-state index < -0.39 is 11.9 Å². The van der Waals surface area contributed by atoms with Crippen LogP contribution in [0.1, 0.15) is 57.3 Å². The third-order valence-corrected chi connectivity index (χ3v) is 4.67. The number of aromatic nitrogens is 1. The molecule has 0 unspecified atom stereocenters. The Morgan fingerprint density at radius 3 is 2.77 bits per heavy atom. The van der Waals surface area contributed by atoms with E-state index in [1.807, 2.05) is 0 Å². The summed E-state index contributed by atoms with van der Waals surface area (Å²) < 4.78 is 5.37. The number of nitrogens with zero attached hydrogens (tertiary/aromatic N) is 1. The molecule has 1 aliphatic rings. The predicted molar refractivity (Wildman–Crippen MR) is 83.2 cm³/mol. The molecule has 1 aliphatic carbocycles. The maximum atomic E-state index is 12.4. The van der Waals surface area contributed by atoms with Gasteiger partial charge in [-0.05, 0) is 31.0 Å². The average molecular weight is 316 g/mol. The van der Waals surface area contributed by atoms with Gasteiger partial charge in [-0.3, -0.25) is 4.79 Å². The zero-order valence-corrected chi connectivity index (χ0v) is 12.8. The first-order valence-corrected chi connectivity index (χ1v) is 8.08. The molecule has 1 aromatic heterocycles. The Labute approximate surface area is 132 Å². The van der Waals surface area contributed by atoms with Gasteiger partial charge in [-0.15, -0.1) is 11.3 Å². The standard InChI is InChI=1S/C16H16N2O3S/c17-15(19)11-6-3-7-12(8-11)21-16(20)14-13(18-9-22-14)10-4-1-2-5-10/h3,6-10H,1-2,4-5H2,(H2,17,19). The van der Waals surface area contributed by atoms with Gasteiger partial charge in [0.2, 0.25) is 5.91 Å². The zero-order valence-electron chi connectivity index (χ0n) is 12.0. The van der Waals surface area contributed by atoms with E-state index in [1.165, 1.54) is 30.2 Å². The van der Waals surface area contributed by atoms with Crippen molar-refractivity contribution in [1.82, 2.24) is 4.98 Å². The van der Waals surface area contributed by atoms with E-state index in [2.05, 4.69) is 4.98 Å². The van der Waals surface area contributed by atoms with Gasteiger partial charge in [-0.2, -0.15) is 0 Å². The lowest BCUT2D eigenvalue weighted by atomic mass is 10.0. The molecule has 1 amide bonds. The van der Waals surface area contributed by atoms with E-state index >= 15 is 0 Å². The largest absolute Gasteiger partial charge is 0.422 e. The molecule has 1 heterocycles. The van der Waals surface area contributed by atoms with Gasteiger partial charge in [-0.1, -0.05) is 18.9 Å². The van der Waals surface area contributed by atoms with Gasteiger partial charge in [0.15, 0.2) is 0 Å². The number of nitrogens with two attached hydrogens (primary N) is 1. The van der Waals surface area contributed by atoms with Crippen molar-refractivity contribution in [2.45, 2.75) is 31.6 Å². The third kappa shape index (κ3) is 3.01. The Morgan fingerprint density at radius 1 is 1.27 bits per heavy atom. The monoisotopic (exact) mass is 316 g/mol.